The number of ether oxygens (including phenoxy) is 1. The average Bonchev–Trinajstić information content (AvgIpc) is 3.18. The summed E-state index contributed by atoms with van der Waals surface area (Å²) < 4.78 is 5.37. The third-order valence-corrected chi connectivity index (χ3v) is 6.52. The molecule has 2 aliphatic rings. The summed E-state index contributed by atoms with van der Waals surface area (Å²) in [6.45, 7) is 7.00. The van der Waals surface area contributed by atoms with Crippen LogP contribution in [-0.2, 0) is 17.8 Å². The van der Waals surface area contributed by atoms with Gasteiger partial charge in [0.15, 0.2) is 0 Å². The maximum Gasteiger partial charge on any atom is 0.328 e. The lowest BCUT2D eigenvalue weighted by atomic mass is 9.86. The third kappa shape index (κ3) is 3.24. The summed E-state index contributed by atoms with van der Waals surface area (Å²) in [7, 11) is 1.64. The molecule has 0 aliphatic carbocycles. The number of hydrogen-bond acceptors (Lipinski definition) is 5. The summed E-state index contributed by atoms with van der Waals surface area (Å²) in [4.78, 5) is 35.0. The minimum atomic E-state index is -0.863. The molecule has 2 N–H and O–H groups in total. The molecule has 8 heteroatoms. The molecule has 0 radical (unpaired) electrons. The van der Waals surface area contributed by atoms with Crippen LogP contribution in [0.4, 0.5) is 4.79 Å². The summed E-state index contributed by atoms with van der Waals surface area (Å²) >= 11 is 0. The summed E-state index contributed by atoms with van der Waals surface area (Å²) in [6, 6.07) is 5.65. The van der Waals surface area contributed by atoms with Crippen LogP contribution in [0.2, 0.25) is 0 Å². The number of fused-ring (bicyclic) bond motifs is 4. The number of hydrogen-bond donors (Lipinski definition) is 2. The first kappa shape index (κ1) is 20.7. The Hall–Kier alpha value is -2.58. The van der Waals surface area contributed by atoms with Gasteiger partial charge in [-0.05, 0) is 50.2 Å². The predicted octanol–water partition coefficient (Wildman–Crippen LogP) is 1.96. The van der Waals surface area contributed by atoms with Gasteiger partial charge < -0.3 is 24.6 Å². The molecule has 0 bridgehead atoms. The molecule has 3 amide bonds. The molecule has 0 spiro atoms. The number of rotatable bonds is 8. The lowest BCUT2D eigenvalue weighted by Crippen LogP contribution is -2.51. The maximum absolute atomic E-state index is 13.3. The van der Waals surface area contributed by atoms with Gasteiger partial charge in [-0.15, -0.1) is 0 Å². The number of H-pyrrole nitrogens is 1. The van der Waals surface area contributed by atoms with Crippen LogP contribution in [0.25, 0.3) is 10.9 Å². The van der Waals surface area contributed by atoms with Gasteiger partial charge in [0.25, 0.3) is 5.91 Å². The lowest BCUT2D eigenvalue weighted by molar-refractivity contribution is -0.133. The third-order valence-electron chi connectivity index (χ3n) is 6.52. The van der Waals surface area contributed by atoms with Crippen molar-refractivity contribution in [3.8, 4) is 5.75 Å². The fourth-order valence-electron chi connectivity index (χ4n) is 4.73. The summed E-state index contributed by atoms with van der Waals surface area (Å²) in [5.74, 6) is 0.649. The van der Waals surface area contributed by atoms with E-state index in [1.54, 1.807) is 12.0 Å². The highest BCUT2D eigenvalue weighted by Gasteiger charge is 2.56. The highest BCUT2D eigenvalue weighted by Crippen LogP contribution is 2.41. The fourth-order valence-corrected chi connectivity index (χ4v) is 4.73. The van der Waals surface area contributed by atoms with E-state index in [0.717, 1.165) is 41.0 Å². The highest BCUT2D eigenvalue weighted by atomic mass is 16.5. The van der Waals surface area contributed by atoms with Crippen molar-refractivity contribution in [2.75, 3.05) is 39.9 Å². The van der Waals surface area contributed by atoms with Crippen LogP contribution in [0.1, 0.15) is 31.5 Å². The number of nitrogens with zero attached hydrogens (tertiary/aromatic N) is 3. The Morgan fingerprint density at radius 2 is 2.10 bits per heavy atom. The molecular formula is C22H30N4O4. The quantitative estimate of drug-likeness (QED) is 0.645. The first-order chi connectivity index (χ1) is 14.4. The van der Waals surface area contributed by atoms with E-state index in [2.05, 4.69) is 9.88 Å². The van der Waals surface area contributed by atoms with E-state index in [1.807, 2.05) is 32.0 Å². The summed E-state index contributed by atoms with van der Waals surface area (Å²) in [5, 5.41) is 10.2. The van der Waals surface area contributed by atoms with Crippen LogP contribution in [0, 0.1) is 0 Å². The van der Waals surface area contributed by atoms with Crippen LogP contribution in [0.3, 0.4) is 0 Å². The van der Waals surface area contributed by atoms with Gasteiger partial charge in [0, 0.05) is 36.1 Å². The number of urea groups is 1. The van der Waals surface area contributed by atoms with Gasteiger partial charge in [-0.25, -0.2) is 4.79 Å². The summed E-state index contributed by atoms with van der Waals surface area (Å²) in [5.41, 5.74) is 2.20. The molecule has 1 aromatic carbocycles. The van der Waals surface area contributed by atoms with Gasteiger partial charge in [0.2, 0.25) is 0 Å². The van der Waals surface area contributed by atoms with Gasteiger partial charge in [0.05, 0.1) is 20.3 Å². The van der Waals surface area contributed by atoms with Crippen molar-refractivity contribution >= 4 is 22.8 Å². The number of carbonyl (C=O) groups excluding carboxylic acids is 2. The van der Waals surface area contributed by atoms with E-state index < -0.39 is 5.54 Å². The molecule has 1 unspecified atom stereocenters. The second-order valence-corrected chi connectivity index (χ2v) is 8.28. The number of likely N-dealkylation sites (N-methyl/N-ethyl adjacent to an activating group) is 1. The van der Waals surface area contributed by atoms with Crippen molar-refractivity contribution in [2.24, 2.45) is 0 Å². The van der Waals surface area contributed by atoms with Gasteiger partial charge >= 0.3 is 6.03 Å². The highest BCUT2D eigenvalue weighted by molar-refractivity contribution is 6.07. The minimum absolute atomic E-state index is 0.109. The van der Waals surface area contributed by atoms with Crippen LogP contribution >= 0.6 is 0 Å². The number of aromatic amines is 1. The van der Waals surface area contributed by atoms with Crippen LogP contribution < -0.4 is 4.74 Å². The maximum atomic E-state index is 13.3. The van der Waals surface area contributed by atoms with Gasteiger partial charge in [-0.1, -0.05) is 6.92 Å². The SMILES string of the molecule is CCN(CCO)CCCN1C(=O)N2Cc3[nH]c4ccc(OC)cc4c3CC2(C)C1=O. The zero-order valence-electron chi connectivity index (χ0n) is 17.9. The van der Waals surface area contributed by atoms with Crippen LogP contribution in [0.5, 0.6) is 5.75 Å². The van der Waals surface area contributed by atoms with Crippen LogP contribution in [0.15, 0.2) is 18.2 Å². The molecule has 0 saturated carbocycles. The van der Waals surface area contributed by atoms with E-state index in [1.165, 1.54) is 4.90 Å². The number of aliphatic hydroxyl groups is 1. The largest absolute Gasteiger partial charge is 0.497 e. The number of aromatic nitrogens is 1. The molecule has 2 aromatic rings. The number of carbonyl (C=O) groups is 2. The molecule has 2 aliphatic heterocycles. The van der Waals surface area contributed by atoms with Crippen molar-refractivity contribution in [3.05, 3.63) is 29.5 Å². The molecular weight excluding hydrogens is 384 g/mol. The zero-order valence-corrected chi connectivity index (χ0v) is 17.9. The predicted molar refractivity (Wildman–Crippen MR) is 113 cm³/mol. The van der Waals surface area contributed by atoms with E-state index in [4.69, 9.17) is 9.84 Å². The van der Waals surface area contributed by atoms with Crippen molar-refractivity contribution in [2.45, 2.75) is 38.8 Å². The normalized spacial score (nSPS) is 21.0. The molecule has 1 atom stereocenters. The molecule has 8 nitrogen and oxygen atoms in total. The smallest absolute Gasteiger partial charge is 0.328 e. The Balaban J connectivity index is 1.54. The Kier molecular flexibility index (Phi) is 5.46. The molecule has 1 saturated heterocycles. The second-order valence-electron chi connectivity index (χ2n) is 8.28. The van der Waals surface area contributed by atoms with E-state index in [9.17, 15) is 9.59 Å². The van der Waals surface area contributed by atoms with E-state index in [0.29, 0.717) is 32.5 Å². The Labute approximate surface area is 176 Å². The Morgan fingerprint density at radius 3 is 2.80 bits per heavy atom. The zero-order chi connectivity index (χ0) is 21.5. The molecule has 3 heterocycles. The summed E-state index contributed by atoms with van der Waals surface area (Å²) in [6.07, 6.45) is 1.18. The fraction of sp³-hybridized carbons (Fsp3) is 0.545. The lowest BCUT2D eigenvalue weighted by Gasteiger charge is -2.35. The molecule has 1 aromatic heterocycles. The topological polar surface area (TPSA) is 89.1 Å². The Bertz CT molecular complexity index is 971. The number of benzene rings is 1. The van der Waals surface area contributed by atoms with Crippen molar-refractivity contribution in [3.63, 3.8) is 0 Å². The number of amides is 3. The standard InChI is InChI=1S/C22H30N4O4/c1-4-24(10-11-27)8-5-9-25-20(28)22(2)13-17-16-12-15(30-3)6-7-18(16)23-19(17)14-26(22)21(25)29/h6-7,12,23,27H,4-5,8-11,13-14H2,1-3H3. The van der Waals surface area contributed by atoms with Crippen LogP contribution in [-0.4, -0.2) is 82.2 Å². The molecule has 162 valence electrons. The molecule has 1 fully saturated rings. The average molecular weight is 415 g/mol. The monoisotopic (exact) mass is 414 g/mol. The second kappa shape index (κ2) is 7.92. The van der Waals surface area contributed by atoms with Crippen molar-refractivity contribution in [1.29, 1.82) is 0 Å². The van der Waals surface area contributed by atoms with Gasteiger partial charge in [-0.2, -0.15) is 0 Å². The Morgan fingerprint density at radius 1 is 1.30 bits per heavy atom. The molecule has 30 heavy (non-hydrogen) atoms. The first-order valence-corrected chi connectivity index (χ1v) is 10.6. The number of aliphatic hydroxyl groups excluding tert-OH is 1. The van der Waals surface area contributed by atoms with E-state index >= 15 is 0 Å². The van der Waals surface area contributed by atoms with Gasteiger partial charge in [0.1, 0.15) is 11.3 Å². The van der Waals surface area contributed by atoms with Gasteiger partial charge in [-0.3, -0.25) is 9.69 Å². The van der Waals surface area contributed by atoms with Crippen molar-refractivity contribution < 1.29 is 19.4 Å². The first-order valence-electron chi connectivity index (χ1n) is 10.6. The number of imide groups is 1. The van der Waals surface area contributed by atoms with Crippen molar-refractivity contribution in [1.82, 2.24) is 19.7 Å². The minimum Gasteiger partial charge on any atom is -0.497 e. The number of methoxy groups -OCH3 is 1. The van der Waals surface area contributed by atoms with E-state index in [-0.39, 0.29) is 18.5 Å². The number of nitrogens with one attached hydrogen (secondary N) is 1. The molecule has 4 rings (SSSR count).